The van der Waals surface area contributed by atoms with E-state index in [-0.39, 0.29) is 29.6 Å². The Balaban J connectivity index is 2.07. The Hall–Kier alpha value is -2.41. The van der Waals surface area contributed by atoms with Crippen molar-refractivity contribution < 1.29 is 19.1 Å². The molecule has 0 aromatic heterocycles. The van der Waals surface area contributed by atoms with Gasteiger partial charge in [-0.1, -0.05) is 31.5 Å². The van der Waals surface area contributed by atoms with Crippen molar-refractivity contribution in [3.05, 3.63) is 35.4 Å². The van der Waals surface area contributed by atoms with E-state index >= 15 is 0 Å². The van der Waals surface area contributed by atoms with Crippen molar-refractivity contribution in [2.24, 2.45) is 11.8 Å². The van der Waals surface area contributed by atoms with Crippen LogP contribution in [0.1, 0.15) is 42.6 Å². The lowest BCUT2D eigenvalue weighted by Crippen LogP contribution is -2.54. The summed E-state index contributed by atoms with van der Waals surface area (Å²) in [6.07, 6.45) is 1.35. The number of nitrogens with zero attached hydrogens (tertiary/aromatic N) is 1. The van der Waals surface area contributed by atoms with Crippen molar-refractivity contribution >= 4 is 17.7 Å². The van der Waals surface area contributed by atoms with Crippen LogP contribution in [-0.2, 0) is 14.3 Å². The lowest BCUT2D eigenvalue weighted by Gasteiger charge is -2.36. The molecule has 1 aromatic carbocycles. The van der Waals surface area contributed by atoms with Crippen LogP contribution in [0.4, 0.5) is 0 Å². The Morgan fingerprint density at radius 2 is 1.76 bits per heavy atom. The van der Waals surface area contributed by atoms with E-state index in [9.17, 15) is 14.4 Å². The van der Waals surface area contributed by atoms with Gasteiger partial charge >= 0.3 is 0 Å². The number of benzene rings is 1. The van der Waals surface area contributed by atoms with Crippen LogP contribution in [0.15, 0.2) is 24.3 Å². The van der Waals surface area contributed by atoms with Crippen LogP contribution in [0, 0.1) is 18.8 Å². The summed E-state index contributed by atoms with van der Waals surface area (Å²) in [5.41, 5.74) is 1.59. The molecule has 0 saturated carbocycles. The topological polar surface area (TPSA) is 87.7 Å². The lowest BCUT2D eigenvalue weighted by atomic mass is 9.88. The quantitative estimate of drug-likeness (QED) is 0.648. The minimum Gasteiger partial charge on any atom is -0.383 e. The van der Waals surface area contributed by atoms with E-state index in [2.05, 4.69) is 10.6 Å². The number of nitrogens with one attached hydrogen (secondary N) is 2. The number of rotatable bonds is 8. The van der Waals surface area contributed by atoms with E-state index in [4.69, 9.17) is 4.74 Å². The number of carbonyl (C=O) groups is 3. The molecule has 1 aliphatic rings. The molecule has 1 heterocycles. The third-order valence-electron chi connectivity index (χ3n) is 5.30. The second-order valence-electron chi connectivity index (χ2n) is 7.92. The zero-order valence-corrected chi connectivity index (χ0v) is 17.9. The number of piperidine rings is 1. The first-order chi connectivity index (χ1) is 13.8. The van der Waals surface area contributed by atoms with Gasteiger partial charge in [0, 0.05) is 38.2 Å². The highest BCUT2D eigenvalue weighted by molar-refractivity contribution is 5.97. The van der Waals surface area contributed by atoms with Gasteiger partial charge in [-0.05, 0) is 37.8 Å². The Bertz CT molecular complexity index is 695. The fourth-order valence-corrected chi connectivity index (χ4v) is 3.53. The predicted molar refractivity (Wildman–Crippen MR) is 111 cm³/mol. The van der Waals surface area contributed by atoms with Gasteiger partial charge in [0.15, 0.2) is 0 Å². The Morgan fingerprint density at radius 3 is 2.31 bits per heavy atom. The van der Waals surface area contributed by atoms with E-state index in [0.29, 0.717) is 44.6 Å². The van der Waals surface area contributed by atoms with E-state index < -0.39 is 6.04 Å². The van der Waals surface area contributed by atoms with Gasteiger partial charge in [0.1, 0.15) is 6.04 Å². The molecule has 1 fully saturated rings. The van der Waals surface area contributed by atoms with Crippen molar-refractivity contribution in [1.29, 1.82) is 0 Å². The maximum atomic E-state index is 12.8. The van der Waals surface area contributed by atoms with Crippen LogP contribution < -0.4 is 10.6 Å². The van der Waals surface area contributed by atoms with Crippen LogP contribution >= 0.6 is 0 Å². The SMILES string of the molecule is COCCNC(=O)C(NC(=O)c1ccc(C)cc1)C1CCN(C(=O)C(C)C)CC1. The van der Waals surface area contributed by atoms with E-state index in [1.165, 1.54) is 0 Å². The summed E-state index contributed by atoms with van der Waals surface area (Å²) in [4.78, 5) is 39.6. The summed E-state index contributed by atoms with van der Waals surface area (Å²) in [5.74, 6) is -0.411. The van der Waals surface area contributed by atoms with Gasteiger partial charge in [-0.2, -0.15) is 0 Å². The third-order valence-corrected chi connectivity index (χ3v) is 5.30. The molecular weight excluding hydrogens is 370 g/mol. The number of ether oxygens (including phenoxy) is 1. The largest absolute Gasteiger partial charge is 0.383 e. The average molecular weight is 404 g/mol. The minimum absolute atomic E-state index is 0.0249. The molecule has 2 rings (SSSR count). The molecular formula is C22H33N3O4. The first-order valence-electron chi connectivity index (χ1n) is 10.3. The zero-order chi connectivity index (χ0) is 21.4. The number of methoxy groups -OCH3 is 1. The molecule has 1 unspecified atom stereocenters. The highest BCUT2D eigenvalue weighted by atomic mass is 16.5. The monoisotopic (exact) mass is 403 g/mol. The molecule has 1 saturated heterocycles. The van der Waals surface area contributed by atoms with Crippen molar-refractivity contribution in [3.8, 4) is 0 Å². The zero-order valence-electron chi connectivity index (χ0n) is 17.9. The van der Waals surface area contributed by atoms with Gasteiger partial charge in [0.2, 0.25) is 11.8 Å². The van der Waals surface area contributed by atoms with Crippen molar-refractivity contribution in [2.75, 3.05) is 33.4 Å². The minimum atomic E-state index is -0.642. The number of hydrogen-bond acceptors (Lipinski definition) is 4. The first-order valence-corrected chi connectivity index (χ1v) is 10.3. The van der Waals surface area contributed by atoms with Crippen molar-refractivity contribution in [3.63, 3.8) is 0 Å². The Labute approximate surface area is 173 Å². The summed E-state index contributed by atoms with van der Waals surface area (Å²) in [7, 11) is 1.57. The third kappa shape index (κ3) is 6.56. The molecule has 1 atom stereocenters. The smallest absolute Gasteiger partial charge is 0.251 e. The van der Waals surface area contributed by atoms with Crippen molar-refractivity contribution in [2.45, 2.75) is 39.7 Å². The molecule has 0 spiro atoms. The molecule has 0 aliphatic carbocycles. The van der Waals surface area contributed by atoms with E-state index in [1.807, 2.05) is 37.8 Å². The summed E-state index contributed by atoms with van der Waals surface area (Å²) < 4.78 is 5.00. The van der Waals surface area contributed by atoms with Crippen LogP contribution in [-0.4, -0.2) is 62.0 Å². The standard InChI is InChI=1S/C22H33N3O4/c1-15(2)22(28)25-12-9-17(10-13-25)19(21(27)23-11-14-29-4)24-20(26)18-7-5-16(3)6-8-18/h5-8,15,17,19H,9-14H2,1-4H3,(H,23,27)(H,24,26). The number of amides is 3. The van der Waals surface area contributed by atoms with Crippen LogP contribution in [0.5, 0.6) is 0 Å². The van der Waals surface area contributed by atoms with Gasteiger partial charge in [0.25, 0.3) is 5.91 Å². The fraction of sp³-hybridized carbons (Fsp3) is 0.591. The van der Waals surface area contributed by atoms with Gasteiger partial charge in [0.05, 0.1) is 6.61 Å². The summed E-state index contributed by atoms with van der Waals surface area (Å²) in [6.45, 7) is 7.74. The Morgan fingerprint density at radius 1 is 1.14 bits per heavy atom. The molecule has 1 aliphatic heterocycles. The van der Waals surface area contributed by atoms with E-state index in [1.54, 1.807) is 19.2 Å². The number of likely N-dealkylation sites (tertiary alicyclic amines) is 1. The predicted octanol–water partition coefficient (Wildman–Crippen LogP) is 1.75. The van der Waals surface area contributed by atoms with Gasteiger partial charge in [-0.25, -0.2) is 0 Å². The molecule has 3 amide bonds. The number of carbonyl (C=O) groups excluding carboxylic acids is 3. The average Bonchev–Trinajstić information content (AvgIpc) is 2.72. The highest BCUT2D eigenvalue weighted by Gasteiger charge is 2.34. The van der Waals surface area contributed by atoms with Gasteiger partial charge < -0.3 is 20.3 Å². The normalized spacial score (nSPS) is 15.8. The fourth-order valence-electron chi connectivity index (χ4n) is 3.53. The molecule has 0 radical (unpaired) electrons. The number of aryl methyl sites for hydroxylation is 1. The second-order valence-corrected chi connectivity index (χ2v) is 7.92. The van der Waals surface area contributed by atoms with Crippen molar-refractivity contribution in [1.82, 2.24) is 15.5 Å². The van der Waals surface area contributed by atoms with E-state index in [0.717, 1.165) is 5.56 Å². The molecule has 2 N–H and O–H groups in total. The van der Waals surface area contributed by atoms with Crippen LogP contribution in [0.2, 0.25) is 0 Å². The molecule has 0 bridgehead atoms. The summed E-state index contributed by atoms with van der Waals surface area (Å²) in [5, 5.41) is 5.76. The second kappa shape index (κ2) is 11.0. The Kier molecular flexibility index (Phi) is 8.64. The molecule has 7 heteroatoms. The molecule has 160 valence electrons. The maximum Gasteiger partial charge on any atom is 0.251 e. The van der Waals surface area contributed by atoms with Gasteiger partial charge in [-0.15, -0.1) is 0 Å². The molecule has 29 heavy (non-hydrogen) atoms. The van der Waals surface area contributed by atoms with Gasteiger partial charge in [-0.3, -0.25) is 14.4 Å². The first kappa shape index (κ1) is 22.9. The molecule has 1 aromatic rings. The van der Waals surface area contributed by atoms with Crippen LogP contribution in [0.3, 0.4) is 0 Å². The summed E-state index contributed by atoms with van der Waals surface area (Å²) in [6, 6.07) is 6.62. The molecule has 7 nitrogen and oxygen atoms in total. The number of hydrogen-bond donors (Lipinski definition) is 2. The highest BCUT2D eigenvalue weighted by Crippen LogP contribution is 2.23. The van der Waals surface area contributed by atoms with Crippen LogP contribution in [0.25, 0.3) is 0 Å². The summed E-state index contributed by atoms with van der Waals surface area (Å²) >= 11 is 0. The lowest BCUT2D eigenvalue weighted by molar-refractivity contribution is -0.136. The maximum absolute atomic E-state index is 12.8.